The van der Waals surface area contributed by atoms with Gasteiger partial charge in [-0.25, -0.2) is 4.79 Å². The summed E-state index contributed by atoms with van der Waals surface area (Å²) in [6, 6.07) is 28.9. The first-order valence-electron chi connectivity index (χ1n) is 10.7. The average Bonchev–Trinajstić information content (AvgIpc) is 2.82. The van der Waals surface area contributed by atoms with E-state index in [-0.39, 0.29) is 18.2 Å². The standard InChI is InChI=1S/C27H29NO3/c1-3-20(2)25(26(30)31)28-24(29)19-27(21-13-7-4-8-14-21,22-15-9-5-10-16-22)23-17-11-6-12-18-23/h4-18,20,25H,3,19H2,1-2H3,(H,28,29)(H,30,31)/t20-,25-/m0/s1. The van der Waals surface area contributed by atoms with Gasteiger partial charge < -0.3 is 10.4 Å². The lowest BCUT2D eigenvalue weighted by Gasteiger charge is -2.36. The fraction of sp³-hybridized carbons (Fsp3) is 0.259. The molecule has 0 fully saturated rings. The second-order valence-electron chi connectivity index (χ2n) is 7.95. The van der Waals surface area contributed by atoms with E-state index in [4.69, 9.17) is 0 Å². The third-order valence-corrected chi connectivity index (χ3v) is 6.02. The van der Waals surface area contributed by atoms with Crippen LogP contribution in [0.2, 0.25) is 0 Å². The van der Waals surface area contributed by atoms with Gasteiger partial charge in [0.2, 0.25) is 5.91 Å². The van der Waals surface area contributed by atoms with Gasteiger partial charge in [0.1, 0.15) is 6.04 Å². The highest BCUT2D eigenvalue weighted by molar-refractivity contribution is 5.85. The fourth-order valence-corrected chi connectivity index (χ4v) is 4.12. The molecule has 4 nitrogen and oxygen atoms in total. The molecular weight excluding hydrogens is 386 g/mol. The maximum atomic E-state index is 13.3. The number of rotatable bonds is 9. The van der Waals surface area contributed by atoms with E-state index in [1.807, 2.05) is 105 Å². The number of carboxylic acid groups (broad SMARTS) is 1. The maximum Gasteiger partial charge on any atom is 0.326 e. The van der Waals surface area contributed by atoms with Gasteiger partial charge in [-0.2, -0.15) is 0 Å². The van der Waals surface area contributed by atoms with E-state index in [1.165, 1.54) is 0 Å². The summed E-state index contributed by atoms with van der Waals surface area (Å²) in [4.78, 5) is 25.1. The van der Waals surface area contributed by atoms with Gasteiger partial charge in [0, 0.05) is 6.42 Å². The highest BCUT2D eigenvalue weighted by atomic mass is 16.4. The molecule has 0 bridgehead atoms. The van der Waals surface area contributed by atoms with Gasteiger partial charge in [-0.1, -0.05) is 111 Å². The molecule has 0 spiro atoms. The van der Waals surface area contributed by atoms with Crippen molar-refractivity contribution in [3.05, 3.63) is 108 Å². The first-order chi connectivity index (χ1) is 15.0. The molecule has 3 rings (SSSR count). The van der Waals surface area contributed by atoms with Gasteiger partial charge in [-0.15, -0.1) is 0 Å². The molecule has 0 radical (unpaired) electrons. The Labute approximate surface area is 183 Å². The third-order valence-electron chi connectivity index (χ3n) is 6.02. The molecule has 0 aliphatic carbocycles. The second-order valence-corrected chi connectivity index (χ2v) is 7.95. The van der Waals surface area contributed by atoms with Crippen LogP contribution in [0.15, 0.2) is 91.0 Å². The van der Waals surface area contributed by atoms with Crippen molar-refractivity contribution in [3.63, 3.8) is 0 Å². The van der Waals surface area contributed by atoms with Gasteiger partial charge in [-0.05, 0) is 22.6 Å². The Morgan fingerprint density at radius 1 is 0.806 bits per heavy atom. The number of carbonyl (C=O) groups excluding carboxylic acids is 1. The summed E-state index contributed by atoms with van der Waals surface area (Å²) in [5, 5.41) is 12.5. The van der Waals surface area contributed by atoms with E-state index < -0.39 is 17.4 Å². The van der Waals surface area contributed by atoms with E-state index in [9.17, 15) is 14.7 Å². The van der Waals surface area contributed by atoms with Crippen LogP contribution in [-0.4, -0.2) is 23.0 Å². The molecule has 160 valence electrons. The van der Waals surface area contributed by atoms with Crippen LogP contribution in [0.4, 0.5) is 0 Å². The lowest BCUT2D eigenvalue weighted by molar-refractivity contribution is -0.143. The van der Waals surface area contributed by atoms with Crippen LogP contribution in [0, 0.1) is 5.92 Å². The largest absolute Gasteiger partial charge is 0.480 e. The van der Waals surface area contributed by atoms with Gasteiger partial charge in [0.25, 0.3) is 0 Å². The van der Waals surface area contributed by atoms with Crippen LogP contribution in [0.3, 0.4) is 0 Å². The molecule has 0 heterocycles. The quantitative estimate of drug-likeness (QED) is 0.482. The predicted molar refractivity (Wildman–Crippen MR) is 123 cm³/mol. The summed E-state index contributed by atoms with van der Waals surface area (Å²) in [5.74, 6) is -1.46. The van der Waals surface area contributed by atoms with Crippen molar-refractivity contribution in [1.82, 2.24) is 5.32 Å². The van der Waals surface area contributed by atoms with Crippen molar-refractivity contribution in [2.45, 2.75) is 38.1 Å². The number of carbonyl (C=O) groups is 2. The normalized spacial score (nSPS) is 13.2. The van der Waals surface area contributed by atoms with Crippen LogP contribution in [0.25, 0.3) is 0 Å². The van der Waals surface area contributed by atoms with Crippen LogP contribution < -0.4 is 5.32 Å². The molecule has 0 aliphatic heterocycles. The zero-order valence-corrected chi connectivity index (χ0v) is 18.0. The molecule has 0 aliphatic rings. The number of benzene rings is 3. The lowest BCUT2D eigenvalue weighted by atomic mass is 9.67. The average molecular weight is 416 g/mol. The van der Waals surface area contributed by atoms with E-state index >= 15 is 0 Å². The molecule has 0 saturated heterocycles. The summed E-state index contributed by atoms with van der Waals surface area (Å²) < 4.78 is 0. The Kier molecular flexibility index (Phi) is 7.24. The van der Waals surface area contributed by atoms with Gasteiger partial charge in [0.15, 0.2) is 0 Å². The summed E-state index contributed by atoms with van der Waals surface area (Å²) in [6.07, 6.45) is 0.768. The first-order valence-corrected chi connectivity index (χ1v) is 10.7. The third kappa shape index (κ3) is 4.85. The first kappa shape index (κ1) is 22.3. The summed E-state index contributed by atoms with van der Waals surface area (Å²) in [5.41, 5.74) is 2.21. The Morgan fingerprint density at radius 3 is 1.52 bits per heavy atom. The molecular formula is C27H29NO3. The van der Waals surface area contributed by atoms with Crippen LogP contribution in [0.1, 0.15) is 43.4 Å². The van der Waals surface area contributed by atoms with Gasteiger partial charge in [0.05, 0.1) is 5.41 Å². The summed E-state index contributed by atoms with van der Waals surface area (Å²) in [7, 11) is 0. The molecule has 0 aromatic heterocycles. The van der Waals surface area contributed by atoms with E-state index in [0.717, 1.165) is 16.7 Å². The molecule has 0 unspecified atom stereocenters. The maximum absolute atomic E-state index is 13.3. The Morgan fingerprint density at radius 2 is 1.19 bits per heavy atom. The lowest BCUT2D eigenvalue weighted by Crippen LogP contribution is -2.47. The second kappa shape index (κ2) is 10.1. The number of carboxylic acids is 1. The van der Waals surface area contributed by atoms with E-state index in [2.05, 4.69) is 5.32 Å². The van der Waals surface area contributed by atoms with Crippen LogP contribution in [-0.2, 0) is 15.0 Å². The molecule has 3 aromatic carbocycles. The van der Waals surface area contributed by atoms with Crippen molar-refractivity contribution in [2.24, 2.45) is 5.92 Å². The molecule has 1 amide bonds. The van der Waals surface area contributed by atoms with Crippen molar-refractivity contribution in [2.75, 3.05) is 0 Å². The Hall–Kier alpha value is -3.40. The van der Waals surface area contributed by atoms with Crippen molar-refractivity contribution in [3.8, 4) is 0 Å². The van der Waals surface area contributed by atoms with Gasteiger partial charge >= 0.3 is 5.97 Å². The van der Waals surface area contributed by atoms with Crippen molar-refractivity contribution in [1.29, 1.82) is 0 Å². The highest BCUT2D eigenvalue weighted by Gasteiger charge is 2.39. The molecule has 4 heteroatoms. The Bertz CT molecular complexity index is 890. The molecule has 2 N–H and O–H groups in total. The van der Waals surface area contributed by atoms with E-state index in [1.54, 1.807) is 0 Å². The number of hydrogen-bond donors (Lipinski definition) is 2. The van der Waals surface area contributed by atoms with Crippen LogP contribution >= 0.6 is 0 Å². The summed E-state index contributed by atoms with van der Waals surface area (Å²) >= 11 is 0. The van der Waals surface area contributed by atoms with E-state index in [0.29, 0.717) is 6.42 Å². The number of amides is 1. The minimum Gasteiger partial charge on any atom is -0.480 e. The SMILES string of the molecule is CC[C@H](C)[C@H](NC(=O)CC(c1ccccc1)(c1ccccc1)c1ccccc1)C(=O)O. The molecule has 31 heavy (non-hydrogen) atoms. The minimum atomic E-state index is -1.01. The van der Waals surface area contributed by atoms with Crippen molar-refractivity contribution < 1.29 is 14.7 Å². The van der Waals surface area contributed by atoms with Crippen LogP contribution in [0.5, 0.6) is 0 Å². The highest BCUT2D eigenvalue weighted by Crippen LogP contribution is 2.42. The number of aliphatic carboxylic acids is 1. The number of hydrogen-bond acceptors (Lipinski definition) is 2. The smallest absolute Gasteiger partial charge is 0.326 e. The van der Waals surface area contributed by atoms with Crippen molar-refractivity contribution >= 4 is 11.9 Å². The Balaban J connectivity index is 2.12. The predicted octanol–water partition coefficient (Wildman–Crippen LogP) is 5.03. The van der Waals surface area contributed by atoms with Gasteiger partial charge in [-0.3, -0.25) is 4.79 Å². The number of nitrogens with one attached hydrogen (secondary N) is 1. The summed E-state index contributed by atoms with van der Waals surface area (Å²) in [6.45, 7) is 3.77. The molecule has 3 aromatic rings. The molecule has 2 atom stereocenters. The molecule has 0 saturated carbocycles. The zero-order chi connectivity index (χ0) is 22.3. The topological polar surface area (TPSA) is 66.4 Å². The monoisotopic (exact) mass is 415 g/mol. The minimum absolute atomic E-state index is 0.102. The zero-order valence-electron chi connectivity index (χ0n) is 18.0. The fourth-order valence-electron chi connectivity index (χ4n) is 4.12.